The van der Waals surface area contributed by atoms with E-state index in [0.29, 0.717) is 0 Å². The Morgan fingerprint density at radius 1 is 0.955 bits per heavy atom. The first-order valence-corrected chi connectivity index (χ1v) is 8.39. The largest absolute Gasteiger partial charge is 0.425 e. The molecule has 2 rings (SSSR count). The lowest BCUT2D eigenvalue weighted by Crippen LogP contribution is -2.23. The fourth-order valence-electron chi connectivity index (χ4n) is 1.82. The Hall–Kier alpha value is -1.78. The zero-order chi connectivity index (χ0) is 16.2. The van der Waals surface area contributed by atoms with Crippen LogP contribution in [0.2, 0.25) is 0 Å². The highest BCUT2D eigenvalue weighted by atomic mass is 31.2. The maximum atomic E-state index is 13.2. The van der Waals surface area contributed by atoms with Gasteiger partial charge in [-0.2, -0.15) is 13.2 Å². The zero-order valence-electron chi connectivity index (χ0n) is 11.7. The number of halogens is 3. The fourth-order valence-corrected chi connectivity index (χ4v) is 3.00. The van der Waals surface area contributed by atoms with Crippen LogP contribution in [0.1, 0.15) is 11.7 Å². The number of hydrogen-bond donors (Lipinski definition) is 0. The summed E-state index contributed by atoms with van der Waals surface area (Å²) in [6, 6.07) is 14.9. The van der Waals surface area contributed by atoms with Crippen LogP contribution in [-0.2, 0) is 9.09 Å². The lowest BCUT2D eigenvalue weighted by Gasteiger charge is -2.24. The summed E-state index contributed by atoms with van der Waals surface area (Å²) in [7, 11) is -3.95. The fraction of sp³-hybridized carbons (Fsp3) is 0.200. The van der Waals surface area contributed by atoms with Gasteiger partial charge in [0.25, 0.3) is 0 Å². The minimum absolute atomic E-state index is 0.131. The van der Waals surface area contributed by atoms with E-state index in [1.165, 1.54) is 36.4 Å². The van der Waals surface area contributed by atoms with Gasteiger partial charge in [0.1, 0.15) is 5.75 Å². The van der Waals surface area contributed by atoms with Gasteiger partial charge in [-0.05, 0) is 17.7 Å². The van der Waals surface area contributed by atoms with E-state index >= 15 is 0 Å². The molecule has 0 spiro atoms. The Balaban J connectivity index is 2.21. The highest BCUT2D eigenvalue weighted by Gasteiger charge is 2.45. The molecule has 2 aromatic carbocycles. The molecule has 0 N–H and O–H groups in total. The van der Waals surface area contributed by atoms with Gasteiger partial charge in [-0.25, -0.2) is 4.57 Å². The Morgan fingerprint density at radius 2 is 1.45 bits per heavy atom. The maximum absolute atomic E-state index is 13.2. The molecule has 118 valence electrons. The number of alkyl halides is 3. The van der Waals surface area contributed by atoms with Crippen LogP contribution in [0.15, 0.2) is 60.7 Å². The molecule has 2 aromatic rings. The smallest absolute Gasteiger partial charge is 0.419 e. The van der Waals surface area contributed by atoms with Crippen LogP contribution < -0.4 is 4.52 Å². The second-order valence-corrected chi connectivity index (χ2v) is 6.55. The lowest BCUT2D eigenvalue weighted by atomic mass is 10.1. The molecule has 0 radical (unpaired) electrons. The van der Waals surface area contributed by atoms with E-state index in [4.69, 9.17) is 9.05 Å². The van der Waals surface area contributed by atoms with Crippen LogP contribution in [0.25, 0.3) is 0 Å². The molecule has 0 amide bonds. The normalized spacial score (nSPS) is 15.8. The van der Waals surface area contributed by atoms with Crippen molar-refractivity contribution in [2.24, 2.45) is 0 Å². The summed E-state index contributed by atoms with van der Waals surface area (Å²) in [5, 5.41) is 0. The predicted molar refractivity (Wildman–Crippen MR) is 76.9 cm³/mol. The summed E-state index contributed by atoms with van der Waals surface area (Å²) in [4.78, 5) is 0. The third-order valence-corrected chi connectivity index (χ3v) is 3.85. The maximum Gasteiger partial charge on any atom is 0.419 e. The standard InChI is InChI=1S/C15H14F3O3P/c1-22(19,20-13-10-6-3-7-11-13)21-14(15(16,17)18)12-8-4-2-5-9-12/h2-11,14H,1H3/t14-,22+/m0/s1. The molecule has 0 saturated heterocycles. The molecular formula is C15H14F3O3P. The second kappa shape index (κ2) is 6.55. The van der Waals surface area contributed by atoms with Crippen molar-refractivity contribution in [1.29, 1.82) is 0 Å². The van der Waals surface area contributed by atoms with Crippen molar-refractivity contribution in [3.05, 3.63) is 66.2 Å². The monoisotopic (exact) mass is 330 g/mol. The van der Waals surface area contributed by atoms with Gasteiger partial charge < -0.3 is 4.52 Å². The Kier molecular flexibility index (Phi) is 4.94. The average molecular weight is 330 g/mol. The molecule has 2 atom stereocenters. The topological polar surface area (TPSA) is 35.5 Å². The Morgan fingerprint density at radius 3 is 1.95 bits per heavy atom. The first kappa shape index (κ1) is 16.6. The summed E-state index contributed by atoms with van der Waals surface area (Å²) in [5.74, 6) is 0.183. The predicted octanol–water partition coefficient (Wildman–Crippen LogP) is 5.21. The van der Waals surface area contributed by atoms with E-state index in [9.17, 15) is 17.7 Å². The summed E-state index contributed by atoms with van der Waals surface area (Å²) in [6.45, 7) is 1.02. The van der Waals surface area contributed by atoms with Gasteiger partial charge in [0.15, 0.2) is 6.10 Å². The molecule has 0 aromatic heterocycles. The SMILES string of the molecule is C[P@@](=O)(Oc1ccccc1)O[C@@H](c1ccccc1)C(F)(F)F. The van der Waals surface area contributed by atoms with E-state index < -0.39 is 19.9 Å². The third kappa shape index (κ3) is 4.61. The molecule has 0 aliphatic heterocycles. The minimum atomic E-state index is -4.70. The van der Waals surface area contributed by atoms with E-state index in [0.717, 1.165) is 6.66 Å². The zero-order valence-corrected chi connectivity index (χ0v) is 12.6. The van der Waals surface area contributed by atoms with Gasteiger partial charge >= 0.3 is 13.8 Å². The molecule has 0 saturated carbocycles. The highest BCUT2D eigenvalue weighted by molar-refractivity contribution is 7.53. The second-order valence-electron chi connectivity index (χ2n) is 4.61. The molecule has 0 unspecified atom stereocenters. The summed E-state index contributed by atoms with van der Waals surface area (Å²) in [5.41, 5.74) is -0.131. The summed E-state index contributed by atoms with van der Waals surface area (Å²) >= 11 is 0. The van der Waals surface area contributed by atoms with Crippen molar-refractivity contribution in [1.82, 2.24) is 0 Å². The van der Waals surface area contributed by atoms with Crippen molar-refractivity contribution in [3.8, 4) is 5.75 Å². The molecule has 0 aliphatic rings. The first-order valence-electron chi connectivity index (χ1n) is 6.40. The number of hydrogen-bond acceptors (Lipinski definition) is 3. The van der Waals surface area contributed by atoms with Crippen molar-refractivity contribution in [3.63, 3.8) is 0 Å². The van der Waals surface area contributed by atoms with Gasteiger partial charge in [-0.15, -0.1) is 0 Å². The van der Waals surface area contributed by atoms with E-state index in [1.807, 2.05) is 0 Å². The number of benzene rings is 2. The highest BCUT2D eigenvalue weighted by Crippen LogP contribution is 2.52. The Bertz CT molecular complexity index is 644. The molecule has 7 heteroatoms. The van der Waals surface area contributed by atoms with Gasteiger partial charge in [0.2, 0.25) is 0 Å². The van der Waals surface area contributed by atoms with Crippen molar-refractivity contribution in [2.75, 3.05) is 6.66 Å². The van der Waals surface area contributed by atoms with Crippen LogP contribution in [-0.4, -0.2) is 12.8 Å². The van der Waals surface area contributed by atoms with Crippen LogP contribution in [0.5, 0.6) is 5.75 Å². The van der Waals surface area contributed by atoms with Crippen molar-refractivity contribution >= 4 is 7.60 Å². The van der Waals surface area contributed by atoms with E-state index in [1.54, 1.807) is 24.3 Å². The Labute approximate surface area is 126 Å². The van der Waals surface area contributed by atoms with E-state index in [-0.39, 0.29) is 11.3 Å². The molecule has 22 heavy (non-hydrogen) atoms. The van der Waals surface area contributed by atoms with Crippen molar-refractivity contribution in [2.45, 2.75) is 12.3 Å². The lowest BCUT2D eigenvalue weighted by molar-refractivity contribution is -0.199. The molecule has 3 nitrogen and oxygen atoms in total. The summed E-state index contributed by atoms with van der Waals surface area (Å²) < 4.78 is 61.7. The van der Waals surface area contributed by atoms with Gasteiger partial charge in [-0.1, -0.05) is 48.5 Å². The van der Waals surface area contributed by atoms with Crippen molar-refractivity contribution < 1.29 is 26.8 Å². The van der Waals surface area contributed by atoms with Gasteiger partial charge in [0, 0.05) is 6.66 Å². The van der Waals surface area contributed by atoms with Gasteiger partial charge in [0.05, 0.1) is 0 Å². The molecule has 0 aliphatic carbocycles. The molecular weight excluding hydrogens is 316 g/mol. The van der Waals surface area contributed by atoms with E-state index in [2.05, 4.69) is 0 Å². The summed E-state index contributed by atoms with van der Waals surface area (Å²) in [6.07, 6.45) is -7.01. The molecule has 0 bridgehead atoms. The van der Waals surface area contributed by atoms with Crippen LogP contribution >= 0.6 is 7.60 Å². The van der Waals surface area contributed by atoms with Crippen LogP contribution in [0, 0.1) is 0 Å². The minimum Gasteiger partial charge on any atom is -0.425 e. The molecule has 0 fully saturated rings. The van der Waals surface area contributed by atoms with Gasteiger partial charge in [-0.3, -0.25) is 4.52 Å². The average Bonchev–Trinajstić information content (AvgIpc) is 2.45. The first-order chi connectivity index (χ1) is 10.3. The number of para-hydroxylation sites is 1. The third-order valence-electron chi connectivity index (χ3n) is 2.71. The van der Waals surface area contributed by atoms with Crippen LogP contribution in [0.3, 0.4) is 0 Å². The number of rotatable bonds is 5. The molecule has 0 heterocycles. The van der Waals surface area contributed by atoms with Crippen LogP contribution in [0.4, 0.5) is 13.2 Å². The quantitative estimate of drug-likeness (QED) is 0.706.